The predicted octanol–water partition coefficient (Wildman–Crippen LogP) is 1.42. The van der Waals surface area contributed by atoms with Crippen molar-refractivity contribution in [2.75, 3.05) is 26.4 Å². The quantitative estimate of drug-likeness (QED) is 0.562. The maximum absolute atomic E-state index is 13.1. The Bertz CT molecular complexity index is 628. The Hall–Kier alpha value is -1.47. The van der Waals surface area contributed by atoms with Gasteiger partial charge < -0.3 is 4.74 Å². The lowest BCUT2D eigenvalue weighted by Crippen LogP contribution is -2.62. The van der Waals surface area contributed by atoms with Gasteiger partial charge in [0.05, 0.1) is 24.9 Å². The number of hydrogen-bond acceptors (Lipinski definition) is 5. The van der Waals surface area contributed by atoms with E-state index in [-0.39, 0.29) is 18.8 Å². The summed E-state index contributed by atoms with van der Waals surface area (Å²) in [5.41, 5.74) is -0.397. The van der Waals surface area contributed by atoms with Gasteiger partial charge >= 0.3 is 17.8 Å². The van der Waals surface area contributed by atoms with Gasteiger partial charge in [0.1, 0.15) is 0 Å². The summed E-state index contributed by atoms with van der Waals surface area (Å²) in [4.78, 5) is 43.2. The molecule has 7 nitrogen and oxygen atoms in total. The first-order valence-electron chi connectivity index (χ1n) is 9.99. The molecule has 7 heteroatoms. The van der Waals surface area contributed by atoms with Crippen LogP contribution in [0, 0.1) is 17.8 Å². The fourth-order valence-corrected chi connectivity index (χ4v) is 6.61. The Morgan fingerprint density at radius 3 is 2.19 bits per heavy atom. The van der Waals surface area contributed by atoms with Gasteiger partial charge in [-0.2, -0.15) is 0 Å². The average Bonchev–Trinajstić information content (AvgIpc) is 2.78. The molecule has 4 bridgehead atoms. The van der Waals surface area contributed by atoms with Gasteiger partial charge in [-0.1, -0.05) is 0 Å². The molecule has 0 unspecified atom stereocenters. The number of amides is 4. The van der Waals surface area contributed by atoms with Crippen molar-refractivity contribution in [2.45, 2.75) is 57.1 Å². The fourth-order valence-electron chi connectivity index (χ4n) is 6.61. The molecule has 0 aromatic rings. The second kappa shape index (κ2) is 5.76. The Morgan fingerprint density at radius 2 is 1.62 bits per heavy atom. The molecule has 0 N–H and O–H groups in total. The van der Waals surface area contributed by atoms with Gasteiger partial charge in [0.2, 0.25) is 0 Å². The van der Waals surface area contributed by atoms with Gasteiger partial charge in [-0.3, -0.25) is 14.5 Å². The van der Waals surface area contributed by atoms with Crippen LogP contribution in [0.5, 0.6) is 0 Å². The van der Waals surface area contributed by atoms with Gasteiger partial charge in [-0.15, -0.1) is 0 Å². The zero-order valence-corrected chi connectivity index (χ0v) is 15.4. The number of hydrogen-bond donors (Lipinski definition) is 0. The molecule has 2 heterocycles. The Labute approximate surface area is 153 Å². The number of ether oxygens (including phenoxy) is 1. The molecule has 0 aromatic carbocycles. The van der Waals surface area contributed by atoms with Crippen molar-refractivity contribution in [3.8, 4) is 0 Å². The van der Waals surface area contributed by atoms with E-state index in [1.807, 2.05) is 11.8 Å². The van der Waals surface area contributed by atoms with Crippen LogP contribution in [0.15, 0.2) is 0 Å². The number of rotatable bonds is 3. The Kier molecular flexibility index (Phi) is 3.70. The number of urea groups is 1. The topological polar surface area (TPSA) is 70.2 Å². The zero-order chi connectivity index (χ0) is 18.1. The summed E-state index contributed by atoms with van der Waals surface area (Å²) in [6.07, 6.45) is 6.47. The summed E-state index contributed by atoms with van der Waals surface area (Å²) in [5, 5.41) is 0. The van der Waals surface area contributed by atoms with E-state index in [4.69, 9.17) is 4.74 Å². The summed E-state index contributed by atoms with van der Waals surface area (Å²) in [6.45, 7) is 4.10. The molecule has 26 heavy (non-hydrogen) atoms. The first-order chi connectivity index (χ1) is 12.4. The van der Waals surface area contributed by atoms with Gasteiger partial charge in [-0.25, -0.2) is 14.6 Å². The van der Waals surface area contributed by atoms with Gasteiger partial charge in [-0.05, 0) is 63.2 Å². The summed E-state index contributed by atoms with van der Waals surface area (Å²) < 4.78 is 5.53. The van der Waals surface area contributed by atoms with Crippen molar-refractivity contribution in [1.82, 2.24) is 14.7 Å². The van der Waals surface area contributed by atoms with E-state index in [1.54, 1.807) is 0 Å². The average molecular weight is 361 g/mol. The number of morpholine rings is 1. The lowest BCUT2D eigenvalue weighted by Gasteiger charge is -2.58. The molecule has 6 aliphatic rings. The molecule has 4 amide bonds. The molecule has 142 valence electrons. The molecular weight excluding hydrogens is 334 g/mol. The highest BCUT2D eigenvalue weighted by atomic mass is 16.5. The number of nitrogens with zero attached hydrogens (tertiary/aromatic N) is 3. The molecule has 6 fully saturated rings. The van der Waals surface area contributed by atoms with Crippen molar-refractivity contribution in [3.63, 3.8) is 0 Å². The van der Waals surface area contributed by atoms with Crippen molar-refractivity contribution in [2.24, 2.45) is 17.8 Å². The van der Waals surface area contributed by atoms with Crippen LogP contribution in [0.4, 0.5) is 4.79 Å². The fraction of sp³-hybridized carbons (Fsp3) is 0.842. The van der Waals surface area contributed by atoms with E-state index in [0.717, 1.165) is 19.3 Å². The van der Waals surface area contributed by atoms with Crippen LogP contribution in [-0.4, -0.2) is 70.6 Å². The van der Waals surface area contributed by atoms with E-state index >= 15 is 0 Å². The van der Waals surface area contributed by atoms with E-state index in [0.29, 0.717) is 37.5 Å². The SMILES string of the molecule is C[C@H]1CN(CN2C(=O)C(=O)N(C34CC5CC(CC(C5)C3)C4)C2=O)CCO1. The molecule has 0 radical (unpaired) electrons. The van der Waals surface area contributed by atoms with E-state index in [9.17, 15) is 14.4 Å². The Balaban J connectivity index is 1.38. The standard InChI is InChI=1S/C19H27N3O4/c1-12-10-20(2-3-26-12)11-21-16(23)17(24)22(18(21)25)19-7-13-4-14(8-19)6-15(5-13)9-19/h12-15H,2-11H2,1H3/t12-,13?,14?,15?,19?/m0/s1. The van der Waals surface area contributed by atoms with Gasteiger partial charge in [0.25, 0.3) is 0 Å². The first-order valence-corrected chi connectivity index (χ1v) is 9.99. The summed E-state index contributed by atoms with van der Waals surface area (Å²) in [5.74, 6) is 0.603. The molecular formula is C19H27N3O4. The van der Waals surface area contributed by atoms with Crippen LogP contribution < -0.4 is 0 Å². The second-order valence-corrected chi connectivity index (χ2v) is 9.20. The molecule has 6 rings (SSSR count). The first kappa shape index (κ1) is 16.7. The summed E-state index contributed by atoms with van der Waals surface area (Å²) in [6, 6.07) is -0.388. The van der Waals surface area contributed by atoms with Crippen LogP contribution in [-0.2, 0) is 14.3 Å². The maximum Gasteiger partial charge on any atom is 0.335 e. The highest BCUT2D eigenvalue weighted by Crippen LogP contribution is 2.58. The van der Waals surface area contributed by atoms with Gasteiger partial charge in [0.15, 0.2) is 0 Å². The lowest BCUT2D eigenvalue weighted by molar-refractivity contribution is -0.150. The summed E-state index contributed by atoms with van der Waals surface area (Å²) in [7, 11) is 0. The molecule has 0 spiro atoms. The normalized spacial score (nSPS) is 43.0. The molecule has 1 atom stereocenters. The predicted molar refractivity (Wildman–Crippen MR) is 91.8 cm³/mol. The largest absolute Gasteiger partial charge is 0.376 e. The van der Waals surface area contributed by atoms with Crippen molar-refractivity contribution in [1.29, 1.82) is 0 Å². The van der Waals surface area contributed by atoms with Crippen LogP contribution in [0.3, 0.4) is 0 Å². The van der Waals surface area contributed by atoms with Crippen LogP contribution in [0.25, 0.3) is 0 Å². The summed E-state index contributed by atoms with van der Waals surface area (Å²) >= 11 is 0. The monoisotopic (exact) mass is 361 g/mol. The van der Waals surface area contributed by atoms with Crippen LogP contribution in [0.1, 0.15) is 45.4 Å². The minimum Gasteiger partial charge on any atom is -0.376 e. The molecule has 0 aromatic heterocycles. The molecule has 4 saturated carbocycles. The lowest BCUT2D eigenvalue weighted by atomic mass is 9.52. The maximum atomic E-state index is 13.1. The van der Waals surface area contributed by atoms with Crippen LogP contribution >= 0.6 is 0 Å². The third-order valence-electron chi connectivity index (χ3n) is 7.20. The van der Waals surface area contributed by atoms with E-state index in [2.05, 4.69) is 0 Å². The highest BCUT2D eigenvalue weighted by Gasteiger charge is 2.61. The molecule has 2 saturated heterocycles. The second-order valence-electron chi connectivity index (χ2n) is 9.20. The minimum absolute atomic E-state index is 0.0755. The van der Waals surface area contributed by atoms with Crippen molar-refractivity contribution >= 4 is 17.8 Å². The number of carbonyl (C=O) groups is 3. The van der Waals surface area contributed by atoms with Gasteiger partial charge in [0, 0.05) is 13.1 Å². The Morgan fingerprint density at radius 1 is 1.00 bits per heavy atom. The zero-order valence-electron chi connectivity index (χ0n) is 15.4. The van der Waals surface area contributed by atoms with Crippen molar-refractivity contribution < 1.29 is 19.1 Å². The molecule has 4 aliphatic carbocycles. The number of imide groups is 2. The number of carbonyl (C=O) groups excluding carboxylic acids is 3. The van der Waals surface area contributed by atoms with E-state index in [1.165, 1.54) is 29.1 Å². The van der Waals surface area contributed by atoms with E-state index < -0.39 is 17.4 Å². The van der Waals surface area contributed by atoms with Crippen LogP contribution in [0.2, 0.25) is 0 Å². The highest BCUT2D eigenvalue weighted by molar-refractivity contribution is 6.44. The third-order valence-corrected chi connectivity index (χ3v) is 7.20. The molecule has 2 aliphatic heterocycles. The third kappa shape index (κ3) is 2.43. The smallest absolute Gasteiger partial charge is 0.335 e. The minimum atomic E-state index is -0.648. The van der Waals surface area contributed by atoms with Crippen molar-refractivity contribution in [3.05, 3.63) is 0 Å².